The van der Waals surface area contributed by atoms with Crippen LogP contribution in [0.15, 0.2) is 48.5 Å². The van der Waals surface area contributed by atoms with Gasteiger partial charge in [0.2, 0.25) is 5.78 Å². The molecule has 104 valence electrons. The maximum absolute atomic E-state index is 12.4. The molecular formula is C16H16ClNO2. The molecule has 0 aliphatic heterocycles. The van der Waals surface area contributed by atoms with Crippen LogP contribution in [0.25, 0.3) is 0 Å². The minimum atomic E-state index is -0.530. The highest BCUT2D eigenvalue weighted by Crippen LogP contribution is 2.19. The first-order chi connectivity index (χ1) is 9.60. The Morgan fingerprint density at radius 1 is 1.25 bits per heavy atom. The normalized spacial score (nSPS) is 11.9. The maximum Gasteiger partial charge on any atom is 0.203 e. The van der Waals surface area contributed by atoms with Gasteiger partial charge in [-0.1, -0.05) is 24.6 Å². The van der Waals surface area contributed by atoms with Crippen molar-refractivity contribution in [3.05, 3.63) is 59.1 Å². The van der Waals surface area contributed by atoms with Gasteiger partial charge >= 0.3 is 0 Å². The Balaban J connectivity index is 2.15. The molecule has 2 N–H and O–H groups in total. The first-order valence-corrected chi connectivity index (χ1v) is 6.80. The van der Waals surface area contributed by atoms with Gasteiger partial charge in [0.1, 0.15) is 5.75 Å². The van der Waals surface area contributed by atoms with Crippen molar-refractivity contribution in [2.24, 2.45) is 0 Å². The van der Waals surface area contributed by atoms with E-state index in [2.05, 4.69) is 0 Å². The van der Waals surface area contributed by atoms with Crippen molar-refractivity contribution in [1.29, 1.82) is 0 Å². The molecule has 0 amide bonds. The van der Waals surface area contributed by atoms with E-state index < -0.39 is 6.10 Å². The van der Waals surface area contributed by atoms with Gasteiger partial charge in [-0.25, -0.2) is 0 Å². The zero-order chi connectivity index (χ0) is 14.5. The molecule has 0 aliphatic rings. The summed E-state index contributed by atoms with van der Waals surface area (Å²) < 4.78 is 5.73. The summed E-state index contributed by atoms with van der Waals surface area (Å²) in [5, 5.41) is 0.603. The van der Waals surface area contributed by atoms with Gasteiger partial charge in [0.25, 0.3) is 0 Å². The first-order valence-electron chi connectivity index (χ1n) is 6.42. The van der Waals surface area contributed by atoms with Gasteiger partial charge in [0.15, 0.2) is 6.10 Å². The summed E-state index contributed by atoms with van der Waals surface area (Å²) in [5.41, 5.74) is 6.90. The van der Waals surface area contributed by atoms with Gasteiger partial charge in [-0.05, 0) is 42.8 Å². The third-order valence-corrected chi connectivity index (χ3v) is 3.18. The van der Waals surface area contributed by atoms with Crippen molar-refractivity contribution >= 4 is 23.1 Å². The standard InChI is InChI=1S/C16H16ClNO2/c1-2-15(20-14-5-3-4-13(18)10-14)16(19)11-6-8-12(17)9-7-11/h3-10,15H,2,18H2,1H3. The van der Waals surface area contributed by atoms with E-state index in [-0.39, 0.29) is 5.78 Å². The molecule has 2 aromatic rings. The SMILES string of the molecule is CCC(Oc1cccc(N)c1)C(=O)c1ccc(Cl)cc1. The molecule has 0 aliphatic carbocycles. The molecule has 3 nitrogen and oxygen atoms in total. The Bertz CT molecular complexity index is 596. The van der Waals surface area contributed by atoms with Crippen LogP contribution < -0.4 is 10.5 Å². The lowest BCUT2D eigenvalue weighted by Crippen LogP contribution is -2.26. The number of Topliss-reactive ketones (excluding diaryl/α,β-unsaturated/α-hetero) is 1. The molecule has 0 aromatic heterocycles. The Labute approximate surface area is 123 Å². The Morgan fingerprint density at radius 2 is 1.95 bits per heavy atom. The number of carbonyl (C=O) groups excluding carboxylic acids is 1. The Kier molecular flexibility index (Phi) is 4.64. The second-order valence-electron chi connectivity index (χ2n) is 4.46. The quantitative estimate of drug-likeness (QED) is 0.669. The number of benzene rings is 2. The van der Waals surface area contributed by atoms with Crippen LogP contribution in [0.2, 0.25) is 5.02 Å². The third-order valence-electron chi connectivity index (χ3n) is 2.93. The molecule has 0 saturated heterocycles. The van der Waals surface area contributed by atoms with Crippen molar-refractivity contribution in [1.82, 2.24) is 0 Å². The Hall–Kier alpha value is -2.00. The van der Waals surface area contributed by atoms with Crippen molar-refractivity contribution < 1.29 is 9.53 Å². The largest absolute Gasteiger partial charge is 0.482 e. The topological polar surface area (TPSA) is 52.3 Å². The monoisotopic (exact) mass is 289 g/mol. The second kappa shape index (κ2) is 6.44. The van der Waals surface area contributed by atoms with E-state index in [1.165, 1.54) is 0 Å². The Morgan fingerprint density at radius 3 is 2.55 bits per heavy atom. The summed E-state index contributed by atoms with van der Waals surface area (Å²) in [4.78, 5) is 12.4. The smallest absolute Gasteiger partial charge is 0.203 e. The van der Waals surface area contributed by atoms with Gasteiger partial charge in [-0.2, -0.15) is 0 Å². The fraction of sp³-hybridized carbons (Fsp3) is 0.188. The van der Waals surface area contributed by atoms with E-state index in [0.29, 0.717) is 28.4 Å². The lowest BCUT2D eigenvalue weighted by atomic mass is 10.0. The molecule has 0 radical (unpaired) electrons. The number of nitrogens with two attached hydrogens (primary N) is 1. The van der Waals surface area contributed by atoms with Gasteiger partial charge < -0.3 is 10.5 Å². The van der Waals surface area contributed by atoms with Crippen molar-refractivity contribution in [2.45, 2.75) is 19.4 Å². The summed E-state index contributed by atoms with van der Waals surface area (Å²) in [5.74, 6) is 0.533. The molecule has 0 bridgehead atoms. The summed E-state index contributed by atoms with van der Waals surface area (Å²) in [6.07, 6.45) is 0.0500. The molecule has 20 heavy (non-hydrogen) atoms. The molecular weight excluding hydrogens is 274 g/mol. The van der Waals surface area contributed by atoms with Crippen LogP contribution in [-0.2, 0) is 0 Å². The van der Waals surface area contributed by atoms with Gasteiger partial charge in [0.05, 0.1) is 0 Å². The molecule has 1 atom stereocenters. The fourth-order valence-electron chi connectivity index (χ4n) is 1.87. The van der Waals surface area contributed by atoms with Crippen molar-refractivity contribution in [3.8, 4) is 5.75 Å². The second-order valence-corrected chi connectivity index (χ2v) is 4.89. The van der Waals surface area contributed by atoms with Crippen LogP contribution in [0.5, 0.6) is 5.75 Å². The molecule has 0 saturated carbocycles. The zero-order valence-electron chi connectivity index (χ0n) is 11.2. The molecule has 2 aromatic carbocycles. The summed E-state index contributed by atoms with van der Waals surface area (Å²) >= 11 is 5.82. The van der Waals surface area contributed by atoms with Crippen molar-refractivity contribution in [3.63, 3.8) is 0 Å². The third kappa shape index (κ3) is 3.52. The van der Waals surface area contributed by atoms with E-state index in [1.54, 1.807) is 48.5 Å². The van der Waals surface area contributed by atoms with Crippen LogP contribution in [0.3, 0.4) is 0 Å². The average Bonchev–Trinajstić information content (AvgIpc) is 2.45. The number of hydrogen-bond acceptors (Lipinski definition) is 3. The highest BCUT2D eigenvalue weighted by atomic mass is 35.5. The summed E-state index contributed by atoms with van der Waals surface area (Å²) in [7, 11) is 0. The maximum atomic E-state index is 12.4. The van der Waals surface area contributed by atoms with E-state index >= 15 is 0 Å². The van der Waals surface area contributed by atoms with E-state index in [4.69, 9.17) is 22.1 Å². The highest BCUT2D eigenvalue weighted by Gasteiger charge is 2.20. The van der Waals surface area contributed by atoms with Gasteiger partial charge in [-0.3, -0.25) is 4.79 Å². The number of halogens is 1. The van der Waals surface area contributed by atoms with Crippen LogP contribution in [-0.4, -0.2) is 11.9 Å². The number of nitrogen functional groups attached to an aromatic ring is 1. The number of ether oxygens (including phenoxy) is 1. The lowest BCUT2D eigenvalue weighted by Gasteiger charge is -2.16. The van der Waals surface area contributed by atoms with Crippen LogP contribution in [0.1, 0.15) is 23.7 Å². The molecule has 0 spiro atoms. The number of ketones is 1. The number of carbonyl (C=O) groups is 1. The number of rotatable bonds is 5. The molecule has 0 fully saturated rings. The number of anilines is 1. The first kappa shape index (κ1) is 14.4. The minimum Gasteiger partial charge on any atom is -0.482 e. The van der Waals surface area contributed by atoms with E-state index in [1.807, 2.05) is 6.92 Å². The molecule has 2 rings (SSSR count). The van der Waals surface area contributed by atoms with Crippen molar-refractivity contribution in [2.75, 3.05) is 5.73 Å². The predicted octanol–water partition coefficient (Wildman–Crippen LogP) is 3.96. The highest BCUT2D eigenvalue weighted by molar-refractivity contribution is 6.30. The average molecular weight is 290 g/mol. The predicted molar refractivity (Wildman–Crippen MR) is 81.3 cm³/mol. The van der Waals surface area contributed by atoms with Gasteiger partial charge in [0, 0.05) is 22.3 Å². The summed E-state index contributed by atoms with van der Waals surface area (Å²) in [6.45, 7) is 1.91. The van der Waals surface area contributed by atoms with E-state index in [9.17, 15) is 4.79 Å². The van der Waals surface area contributed by atoms with Crippen LogP contribution in [0.4, 0.5) is 5.69 Å². The number of hydrogen-bond donors (Lipinski definition) is 1. The molecule has 0 heterocycles. The molecule has 1 unspecified atom stereocenters. The fourth-order valence-corrected chi connectivity index (χ4v) is 2.00. The van der Waals surface area contributed by atoms with Gasteiger partial charge in [-0.15, -0.1) is 0 Å². The minimum absolute atomic E-state index is 0.0633. The lowest BCUT2D eigenvalue weighted by molar-refractivity contribution is 0.0786. The van der Waals surface area contributed by atoms with Crippen LogP contribution >= 0.6 is 11.6 Å². The van der Waals surface area contributed by atoms with E-state index in [0.717, 1.165) is 0 Å². The van der Waals surface area contributed by atoms with Crippen LogP contribution in [0, 0.1) is 0 Å². The molecule has 4 heteroatoms. The zero-order valence-corrected chi connectivity index (χ0v) is 11.9. The summed E-state index contributed by atoms with van der Waals surface area (Å²) in [6, 6.07) is 13.9.